The van der Waals surface area contributed by atoms with Gasteiger partial charge in [-0.1, -0.05) is 41.9 Å². The first-order valence-electron chi connectivity index (χ1n) is 12.0. The molecule has 3 unspecified atom stereocenters. The standard InChI is InChI=1S/C26H27ClFN3O7S/c1-14-16-11-18(27)21(38-26(34)31(2)3)12-20(16)37-25(33)22(14)23(15-7-5-4-6-8-15)39(35,36)30-24(32)17-13-29-10-9-19(17)28/h4-8,11-12,17,19,23,29H,9-10,13H2,1-3H3,(H,30,32). The number of halogens is 2. The molecule has 2 heterocycles. The summed E-state index contributed by atoms with van der Waals surface area (Å²) in [6.45, 7) is 1.88. The monoisotopic (exact) mass is 579 g/mol. The molecule has 1 aliphatic rings. The Balaban J connectivity index is 1.83. The van der Waals surface area contributed by atoms with Crippen LogP contribution in [0, 0.1) is 12.8 Å². The van der Waals surface area contributed by atoms with Gasteiger partial charge in [-0.25, -0.2) is 22.4 Å². The second-order valence-corrected chi connectivity index (χ2v) is 11.6. The molecule has 0 aliphatic carbocycles. The Labute approximate surface area is 229 Å². The average Bonchev–Trinajstić information content (AvgIpc) is 2.87. The molecule has 3 atom stereocenters. The number of fused-ring (bicyclic) bond motifs is 1. The number of alkyl halides is 1. The van der Waals surface area contributed by atoms with E-state index < -0.39 is 45.0 Å². The number of hydrogen-bond donors (Lipinski definition) is 2. The van der Waals surface area contributed by atoms with E-state index in [1.54, 1.807) is 18.2 Å². The van der Waals surface area contributed by atoms with E-state index in [9.17, 15) is 27.2 Å². The molecule has 10 nitrogen and oxygen atoms in total. The summed E-state index contributed by atoms with van der Waals surface area (Å²) in [7, 11) is -1.66. The zero-order valence-corrected chi connectivity index (χ0v) is 22.9. The van der Waals surface area contributed by atoms with E-state index >= 15 is 0 Å². The van der Waals surface area contributed by atoms with Crippen LogP contribution in [0.3, 0.4) is 0 Å². The lowest BCUT2D eigenvalue weighted by Crippen LogP contribution is -2.49. The number of aryl methyl sites for hydroxylation is 1. The van der Waals surface area contributed by atoms with Crippen LogP contribution in [0.2, 0.25) is 5.02 Å². The fourth-order valence-electron chi connectivity index (χ4n) is 4.42. The Hall–Kier alpha value is -3.48. The molecule has 1 aliphatic heterocycles. The van der Waals surface area contributed by atoms with Crippen molar-refractivity contribution >= 4 is 44.6 Å². The quantitative estimate of drug-likeness (QED) is 0.425. The molecular formula is C26H27ClFN3O7S. The first-order chi connectivity index (χ1) is 18.4. The molecule has 0 saturated carbocycles. The minimum absolute atomic E-state index is 0.00834. The molecule has 0 spiro atoms. The smallest absolute Gasteiger partial charge is 0.414 e. The molecule has 1 aromatic heterocycles. The maximum atomic E-state index is 14.4. The Morgan fingerprint density at radius 2 is 1.92 bits per heavy atom. The second kappa shape index (κ2) is 11.3. The number of carbonyl (C=O) groups excluding carboxylic acids is 2. The van der Waals surface area contributed by atoms with Gasteiger partial charge in [0.1, 0.15) is 17.0 Å². The van der Waals surface area contributed by atoms with Gasteiger partial charge in [-0.15, -0.1) is 0 Å². The first-order valence-corrected chi connectivity index (χ1v) is 13.9. The highest BCUT2D eigenvalue weighted by atomic mass is 35.5. The Kier molecular flexibility index (Phi) is 8.28. The SMILES string of the molecule is Cc1c(C(c2ccccc2)S(=O)(=O)NC(=O)C2CNCCC2F)c(=O)oc2cc(OC(=O)N(C)C)c(Cl)cc12. The van der Waals surface area contributed by atoms with Crippen LogP contribution >= 0.6 is 11.6 Å². The Morgan fingerprint density at radius 3 is 2.56 bits per heavy atom. The van der Waals surface area contributed by atoms with E-state index in [2.05, 4.69) is 5.32 Å². The Bertz CT molecular complexity index is 1580. The van der Waals surface area contributed by atoms with Gasteiger partial charge < -0.3 is 19.4 Å². The molecular weight excluding hydrogens is 553 g/mol. The van der Waals surface area contributed by atoms with Crippen molar-refractivity contribution in [1.82, 2.24) is 14.9 Å². The molecule has 13 heteroatoms. The van der Waals surface area contributed by atoms with Crippen molar-refractivity contribution in [1.29, 1.82) is 0 Å². The maximum Gasteiger partial charge on any atom is 0.414 e. The predicted molar refractivity (Wildman–Crippen MR) is 143 cm³/mol. The topological polar surface area (TPSA) is 135 Å². The molecule has 208 valence electrons. The fraction of sp³-hybridized carbons (Fsp3) is 0.346. The number of benzene rings is 2. The minimum atomic E-state index is -4.62. The number of ether oxygens (including phenoxy) is 1. The van der Waals surface area contributed by atoms with E-state index in [-0.39, 0.29) is 46.0 Å². The van der Waals surface area contributed by atoms with E-state index in [1.165, 1.54) is 50.2 Å². The number of rotatable bonds is 6. The van der Waals surface area contributed by atoms with Gasteiger partial charge >= 0.3 is 11.7 Å². The van der Waals surface area contributed by atoms with Gasteiger partial charge in [0.05, 0.1) is 16.5 Å². The molecule has 2 N–H and O–H groups in total. The van der Waals surface area contributed by atoms with Gasteiger partial charge in [0.25, 0.3) is 0 Å². The molecule has 39 heavy (non-hydrogen) atoms. The third-order valence-electron chi connectivity index (χ3n) is 6.48. The number of hydrogen-bond acceptors (Lipinski definition) is 8. The van der Waals surface area contributed by atoms with Crippen molar-refractivity contribution in [2.75, 3.05) is 27.2 Å². The second-order valence-electron chi connectivity index (χ2n) is 9.39. The van der Waals surface area contributed by atoms with Gasteiger partial charge in [0, 0.05) is 32.1 Å². The van der Waals surface area contributed by atoms with Crippen LogP contribution in [0.25, 0.3) is 11.0 Å². The van der Waals surface area contributed by atoms with Crippen molar-refractivity contribution in [3.05, 3.63) is 74.6 Å². The van der Waals surface area contributed by atoms with Crippen molar-refractivity contribution in [2.45, 2.75) is 24.8 Å². The highest BCUT2D eigenvalue weighted by Crippen LogP contribution is 2.36. The summed E-state index contributed by atoms with van der Waals surface area (Å²) in [5.41, 5.74) is -0.811. The lowest BCUT2D eigenvalue weighted by molar-refractivity contribution is -0.125. The van der Waals surface area contributed by atoms with Gasteiger partial charge in [-0.2, -0.15) is 0 Å². The summed E-state index contributed by atoms with van der Waals surface area (Å²) in [4.78, 5) is 39.4. The summed E-state index contributed by atoms with van der Waals surface area (Å²) >= 11 is 6.34. The number of piperidine rings is 1. The fourth-order valence-corrected chi connectivity index (χ4v) is 6.27. The van der Waals surface area contributed by atoms with Gasteiger partial charge in [-0.3, -0.25) is 9.52 Å². The minimum Gasteiger partial charge on any atom is -0.422 e. The number of nitrogens with zero attached hydrogens (tertiary/aromatic N) is 1. The number of amides is 2. The number of sulfonamides is 1. The van der Waals surface area contributed by atoms with Crippen molar-refractivity contribution < 1.29 is 31.6 Å². The highest BCUT2D eigenvalue weighted by Gasteiger charge is 2.39. The third kappa shape index (κ3) is 5.92. The molecule has 1 saturated heterocycles. The van der Waals surface area contributed by atoms with E-state index in [4.69, 9.17) is 20.8 Å². The van der Waals surface area contributed by atoms with Crippen LogP contribution < -0.4 is 20.4 Å². The first kappa shape index (κ1) is 28.5. The molecule has 0 bridgehead atoms. The lowest BCUT2D eigenvalue weighted by atomic mass is 9.97. The van der Waals surface area contributed by atoms with Crippen LogP contribution in [-0.2, 0) is 14.8 Å². The lowest BCUT2D eigenvalue weighted by Gasteiger charge is -2.27. The van der Waals surface area contributed by atoms with E-state index in [0.717, 1.165) is 0 Å². The van der Waals surface area contributed by atoms with Crippen molar-refractivity contribution in [3.63, 3.8) is 0 Å². The highest BCUT2D eigenvalue weighted by molar-refractivity contribution is 7.90. The molecule has 3 aromatic rings. The van der Waals surface area contributed by atoms with Gasteiger partial charge in [0.2, 0.25) is 15.9 Å². The van der Waals surface area contributed by atoms with E-state index in [1.807, 2.05) is 4.72 Å². The summed E-state index contributed by atoms with van der Waals surface area (Å²) in [5, 5.41) is 1.53. The molecule has 2 amide bonds. The summed E-state index contributed by atoms with van der Waals surface area (Å²) < 4.78 is 54.5. The molecule has 1 fully saturated rings. The molecule has 4 rings (SSSR count). The largest absolute Gasteiger partial charge is 0.422 e. The zero-order valence-electron chi connectivity index (χ0n) is 21.4. The Morgan fingerprint density at radius 1 is 1.23 bits per heavy atom. The molecule has 0 radical (unpaired) electrons. The maximum absolute atomic E-state index is 14.4. The van der Waals surface area contributed by atoms with Crippen LogP contribution in [0.15, 0.2) is 51.7 Å². The van der Waals surface area contributed by atoms with Gasteiger partial charge in [-0.05, 0) is 37.1 Å². The average molecular weight is 580 g/mol. The van der Waals surface area contributed by atoms with E-state index in [0.29, 0.717) is 11.9 Å². The normalized spacial score (nSPS) is 18.4. The van der Waals surface area contributed by atoms with Crippen molar-refractivity contribution in [2.24, 2.45) is 5.92 Å². The number of carbonyl (C=O) groups is 2. The summed E-state index contributed by atoms with van der Waals surface area (Å²) in [6, 6.07) is 10.5. The molecule has 2 aromatic carbocycles. The number of nitrogens with one attached hydrogen (secondary N) is 2. The predicted octanol–water partition coefficient (Wildman–Crippen LogP) is 3.30. The summed E-state index contributed by atoms with van der Waals surface area (Å²) in [6.07, 6.45) is -2.15. The summed E-state index contributed by atoms with van der Waals surface area (Å²) in [5.74, 6) is -2.27. The zero-order chi connectivity index (χ0) is 28.5. The van der Waals surface area contributed by atoms with Crippen LogP contribution in [-0.4, -0.2) is 58.7 Å². The van der Waals surface area contributed by atoms with Crippen LogP contribution in [0.1, 0.15) is 28.4 Å². The van der Waals surface area contributed by atoms with Crippen molar-refractivity contribution in [3.8, 4) is 5.75 Å². The van der Waals surface area contributed by atoms with Gasteiger partial charge in [0.15, 0.2) is 5.75 Å². The van der Waals surface area contributed by atoms with Crippen LogP contribution in [0.4, 0.5) is 9.18 Å². The van der Waals surface area contributed by atoms with Crippen LogP contribution in [0.5, 0.6) is 5.75 Å². The third-order valence-corrected chi connectivity index (χ3v) is 8.39.